The summed E-state index contributed by atoms with van der Waals surface area (Å²) in [6.45, 7) is 2.43. The molecule has 1 aliphatic rings. The summed E-state index contributed by atoms with van der Waals surface area (Å²) in [7, 11) is 0. The van der Waals surface area contributed by atoms with Crippen LogP contribution in [0, 0.1) is 0 Å². The molecule has 0 bridgehead atoms. The van der Waals surface area contributed by atoms with E-state index in [-0.39, 0.29) is 22.9 Å². The van der Waals surface area contributed by atoms with Crippen LogP contribution in [0.3, 0.4) is 0 Å². The van der Waals surface area contributed by atoms with Gasteiger partial charge in [0.2, 0.25) is 0 Å². The van der Waals surface area contributed by atoms with Crippen molar-refractivity contribution in [1.82, 2.24) is 5.32 Å². The third-order valence-corrected chi connectivity index (χ3v) is 5.59. The monoisotopic (exact) mass is 510 g/mol. The van der Waals surface area contributed by atoms with Gasteiger partial charge in [0.05, 0.1) is 17.3 Å². The van der Waals surface area contributed by atoms with Crippen LogP contribution >= 0.6 is 23.2 Å². The quantitative estimate of drug-likeness (QED) is 0.328. The van der Waals surface area contributed by atoms with Crippen molar-refractivity contribution in [3.05, 3.63) is 93.5 Å². The number of nitrogens with one attached hydrogen (secondary N) is 1. The van der Waals surface area contributed by atoms with Gasteiger partial charge < -0.3 is 9.47 Å². The maximum absolute atomic E-state index is 13.1. The van der Waals surface area contributed by atoms with E-state index in [9.17, 15) is 14.4 Å². The second-order valence-electron chi connectivity index (χ2n) is 7.47. The molecule has 9 heteroatoms. The number of hydrogen-bond donors (Lipinski definition) is 1. The Bertz CT molecular complexity index is 1310. The van der Waals surface area contributed by atoms with E-state index in [0.29, 0.717) is 28.7 Å². The molecular formula is C26H20Cl2N2O5. The fourth-order valence-electron chi connectivity index (χ4n) is 3.45. The highest BCUT2D eigenvalue weighted by Gasteiger charge is 2.36. The van der Waals surface area contributed by atoms with Crippen LogP contribution in [-0.2, 0) is 16.2 Å². The Morgan fingerprint density at radius 1 is 0.943 bits per heavy atom. The maximum Gasteiger partial charge on any atom is 0.335 e. The summed E-state index contributed by atoms with van der Waals surface area (Å²) in [5, 5.41) is 2.87. The Balaban J connectivity index is 1.66. The predicted octanol–water partition coefficient (Wildman–Crippen LogP) is 5.64. The molecule has 0 radical (unpaired) electrons. The summed E-state index contributed by atoms with van der Waals surface area (Å²) in [6.07, 6.45) is 1.35. The van der Waals surface area contributed by atoms with Crippen LogP contribution < -0.4 is 19.7 Å². The molecule has 0 spiro atoms. The van der Waals surface area contributed by atoms with Gasteiger partial charge in [0, 0.05) is 5.02 Å². The van der Waals surface area contributed by atoms with Gasteiger partial charge in [-0.3, -0.25) is 14.9 Å². The van der Waals surface area contributed by atoms with Crippen LogP contribution in [0.4, 0.5) is 10.5 Å². The van der Waals surface area contributed by atoms with Crippen molar-refractivity contribution in [3.63, 3.8) is 0 Å². The number of hydrogen-bond acceptors (Lipinski definition) is 5. The van der Waals surface area contributed by atoms with E-state index >= 15 is 0 Å². The predicted molar refractivity (Wildman–Crippen MR) is 134 cm³/mol. The van der Waals surface area contributed by atoms with Crippen molar-refractivity contribution in [1.29, 1.82) is 0 Å². The summed E-state index contributed by atoms with van der Waals surface area (Å²) >= 11 is 12.4. The van der Waals surface area contributed by atoms with Crippen molar-refractivity contribution in [2.75, 3.05) is 11.5 Å². The molecule has 1 aliphatic heterocycles. The minimum absolute atomic E-state index is 0.240. The van der Waals surface area contributed by atoms with Gasteiger partial charge in [0.1, 0.15) is 12.2 Å². The van der Waals surface area contributed by atoms with Crippen LogP contribution in [0.15, 0.2) is 72.3 Å². The molecule has 4 amide bonds. The lowest BCUT2D eigenvalue weighted by atomic mass is 10.1. The van der Waals surface area contributed by atoms with Crippen molar-refractivity contribution < 1.29 is 23.9 Å². The molecule has 0 aromatic heterocycles. The third-order valence-electron chi connectivity index (χ3n) is 5.06. The molecule has 0 saturated carbocycles. The van der Waals surface area contributed by atoms with Crippen LogP contribution in [-0.4, -0.2) is 24.5 Å². The van der Waals surface area contributed by atoms with Gasteiger partial charge in [0.15, 0.2) is 11.5 Å². The highest BCUT2D eigenvalue weighted by Crippen LogP contribution is 2.38. The number of carbonyl (C=O) groups excluding carboxylic acids is 3. The molecule has 7 nitrogen and oxygen atoms in total. The number of rotatable bonds is 7. The number of halogens is 2. The number of urea groups is 1. The number of ether oxygens (including phenoxy) is 2. The molecule has 3 aromatic rings. The fraction of sp³-hybridized carbons (Fsp3) is 0.115. The Hall–Kier alpha value is -3.81. The van der Waals surface area contributed by atoms with Gasteiger partial charge >= 0.3 is 6.03 Å². The molecule has 0 aliphatic carbocycles. The molecule has 0 unspecified atom stereocenters. The number of benzene rings is 3. The molecule has 1 fully saturated rings. The molecule has 1 heterocycles. The number of nitrogens with zero attached hydrogens (tertiary/aromatic N) is 1. The zero-order chi connectivity index (χ0) is 24.9. The van der Waals surface area contributed by atoms with Gasteiger partial charge in [-0.2, -0.15) is 0 Å². The summed E-state index contributed by atoms with van der Waals surface area (Å²) < 4.78 is 11.6. The average molecular weight is 511 g/mol. The Kier molecular flexibility index (Phi) is 7.39. The van der Waals surface area contributed by atoms with Crippen LogP contribution in [0.2, 0.25) is 10.0 Å². The highest BCUT2D eigenvalue weighted by atomic mass is 35.5. The topological polar surface area (TPSA) is 84.9 Å². The molecule has 35 heavy (non-hydrogen) atoms. The smallest absolute Gasteiger partial charge is 0.335 e. The summed E-state index contributed by atoms with van der Waals surface area (Å²) in [5.74, 6) is -0.891. The first-order chi connectivity index (χ1) is 16.9. The Morgan fingerprint density at radius 2 is 1.66 bits per heavy atom. The van der Waals surface area contributed by atoms with E-state index in [4.69, 9.17) is 32.7 Å². The van der Waals surface area contributed by atoms with Crippen LogP contribution in [0.5, 0.6) is 11.5 Å². The lowest BCUT2D eigenvalue weighted by Crippen LogP contribution is -2.54. The minimum atomic E-state index is -0.850. The summed E-state index contributed by atoms with van der Waals surface area (Å²) in [4.78, 5) is 38.9. The van der Waals surface area contributed by atoms with Crippen molar-refractivity contribution in [3.8, 4) is 11.5 Å². The first-order valence-corrected chi connectivity index (χ1v) is 11.4. The zero-order valence-electron chi connectivity index (χ0n) is 18.6. The molecule has 178 valence electrons. The minimum Gasteiger partial charge on any atom is -0.490 e. The van der Waals surface area contributed by atoms with Crippen LogP contribution in [0.25, 0.3) is 6.08 Å². The molecule has 1 N–H and O–H groups in total. The first-order valence-electron chi connectivity index (χ1n) is 10.7. The van der Waals surface area contributed by atoms with Crippen molar-refractivity contribution in [2.24, 2.45) is 0 Å². The number of imide groups is 2. The number of amides is 4. The Morgan fingerprint density at radius 3 is 2.34 bits per heavy atom. The zero-order valence-corrected chi connectivity index (χ0v) is 20.1. The van der Waals surface area contributed by atoms with Gasteiger partial charge in [-0.1, -0.05) is 53.5 Å². The standard InChI is InChI=1S/C26H20Cl2N2O5/c1-2-34-22-14-17(13-21(28)23(22)35-15-16-6-4-3-5-7-16)12-20-24(31)29-26(33)30(25(20)32)19-10-8-18(27)9-11-19/h3-14H,2,15H2,1H3,(H,29,31,33). The highest BCUT2D eigenvalue weighted by molar-refractivity contribution is 6.39. The van der Waals surface area contributed by atoms with Gasteiger partial charge in [-0.25, -0.2) is 9.69 Å². The number of carbonyl (C=O) groups is 3. The van der Waals surface area contributed by atoms with E-state index in [2.05, 4.69) is 5.32 Å². The van der Waals surface area contributed by atoms with E-state index in [1.54, 1.807) is 24.3 Å². The molecule has 1 saturated heterocycles. The summed E-state index contributed by atoms with van der Waals surface area (Å²) in [6, 6.07) is 18.0. The van der Waals surface area contributed by atoms with Gasteiger partial charge in [-0.05, 0) is 60.5 Å². The second-order valence-corrected chi connectivity index (χ2v) is 8.32. The fourth-order valence-corrected chi connectivity index (χ4v) is 3.85. The van der Waals surface area contributed by atoms with E-state index in [1.165, 1.54) is 18.2 Å². The lowest BCUT2D eigenvalue weighted by Gasteiger charge is -2.26. The van der Waals surface area contributed by atoms with Crippen molar-refractivity contribution >= 4 is 52.8 Å². The van der Waals surface area contributed by atoms with E-state index in [0.717, 1.165) is 10.5 Å². The largest absolute Gasteiger partial charge is 0.490 e. The Labute approximate surface area is 211 Å². The SMILES string of the molecule is CCOc1cc(C=C2C(=O)NC(=O)N(c3ccc(Cl)cc3)C2=O)cc(Cl)c1OCc1ccccc1. The number of barbiturate groups is 1. The van der Waals surface area contributed by atoms with Crippen molar-refractivity contribution in [2.45, 2.75) is 13.5 Å². The van der Waals surface area contributed by atoms with Crippen LogP contribution in [0.1, 0.15) is 18.1 Å². The maximum atomic E-state index is 13.1. The lowest BCUT2D eigenvalue weighted by molar-refractivity contribution is -0.122. The average Bonchev–Trinajstić information content (AvgIpc) is 2.83. The molecule has 3 aromatic carbocycles. The van der Waals surface area contributed by atoms with Gasteiger partial charge in [-0.15, -0.1) is 0 Å². The van der Waals surface area contributed by atoms with E-state index in [1.807, 2.05) is 37.3 Å². The van der Waals surface area contributed by atoms with Gasteiger partial charge in [0.25, 0.3) is 11.8 Å². The normalized spacial score (nSPS) is 14.8. The molecule has 0 atom stereocenters. The molecule has 4 rings (SSSR count). The second kappa shape index (κ2) is 10.6. The number of anilines is 1. The third kappa shape index (κ3) is 5.48. The summed E-state index contributed by atoms with van der Waals surface area (Å²) in [5.41, 5.74) is 1.41. The first kappa shape index (κ1) is 24.3. The van der Waals surface area contributed by atoms with E-state index < -0.39 is 17.8 Å². The molecular weight excluding hydrogens is 491 g/mol.